The minimum atomic E-state index is -3.59. The van der Waals surface area contributed by atoms with Crippen molar-refractivity contribution in [3.63, 3.8) is 0 Å². The predicted molar refractivity (Wildman–Crippen MR) is 78.9 cm³/mol. The topological polar surface area (TPSA) is 101 Å². The summed E-state index contributed by atoms with van der Waals surface area (Å²) < 4.78 is 27.1. The first-order chi connectivity index (χ1) is 9.56. The van der Waals surface area contributed by atoms with Gasteiger partial charge in [0.25, 0.3) is 0 Å². The van der Waals surface area contributed by atoms with E-state index in [-0.39, 0.29) is 11.4 Å². The van der Waals surface area contributed by atoms with Crippen LogP contribution in [0.2, 0.25) is 0 Å². The summed E-state index contributed by atoms with van der Waals surface area (Å²) in [5, 5.41) is 3.14. The number of nitrogen functional groups attached to an aromatic ring is 1. The molecule has 20 heavy (non-hydrogen) atoms. The fourth-order valence-corrected chi connectivity index (χ4v) is 3.73. The smallest absolute Gasteiger partial charge is 0.243 e. The van der Waals surface area contributed by atoms with Gasteiger partial charge in [-0.05, 0) is 18.2 Å². The van der Waals surface area contributed by atoms with E-state index in [0.29, 0.717) is 16.6 Å². The van der Waals surface area contributed by atoms with Gasteiger partial charge in [-0.3, -0.25) is 0 Å². The number of H-pyrrole nitrogens is 1. The summed E-state index contributed by atoms with van der Waals surface area (Å²) in [4.78, 5) is 7.17. The van der Waals surface area contributed by atoms with Crippen molar-refractivity contribution in [2.24, 2.45) is 0 Å². The molecule has 8 heteroatoms. The second-order valence-corrected chi connectivity index (χ2v) is 6.92. The van der Waals surface area contributed by atoms with Gasteiger partial charge in [0, 0.05) is 34.4 Å². The summed E-state index contributed by atoms with van der Waals surface area (Å²) in [5.41, 5.74) is 6.95. The molecule has 0 spiro atoms. The Labute approximate surface area is 119 Å². The van der Waals surface area contributed by atoms with Crippen LogP contribution in [0.1, 0.15) is 5.01 Å². The summed E-state index contributed by atoms with van der Waals surface area (Å²) in [6, 6.07) is 5.07. The van der Waals surface area contributed by atoms with Crippen LogP contribution >= 0.6 is 11.3 Å². The summed E-state index contributed by atoms with van der Waals surface area (Å²) >= 11 is 1.40. The Hall–Kier alpha value is -1.90. The van der Waals surface area contributed by atoms with Gasteiger partial charge in [0.15, 0.2) is 0 Å². The molecular formula is C12H12N4O2S2. The zero-order chi connectivity index (χ0) is 14.2. The van der Waals surface area contributed by atoms with E-state index in [0.717, 1.165) is 5.01 Å². The van der Waals surface area contributed by atoms with Crippen molar-refractivity contribution < 1.29 is 8.42 Å². The summed E-state index contributed by atoms with van der Waals surface area (Å²) in [6.07, 6.45) is 3.11. The third-order valence-electron chi connectivity index (χ3n) is 2.85. The molecule has 2 aromatic heterocycles. The lowest BCUT2D eigenvalue weighted by atomic mass is 10.2. The Morgan fingerprint density at radius 2 is 2.25 bits per heavy atom. The highest BCUT2D eigenvalue weighted by atomic mass is 32.2. The Balaban J connectivity index is 1.93. The Morgan fingerprint density at radius 1 is 1.40 bits per heavy atom. The Bertz CT molecular complexity index is 838. The molecule has 0 radical (unpaired) electrons. The highest BCUT2D eigenvalue weighted by Gasteiger charge is 2.19. The van der Waals surface area contributed by atoms with E-state index in [1.165, 1.54) is 17.5 Å². The molecule has 0 saturated carbocycles. The van der Waals surface area contributed by atoms with Gasteiger partial charge in [0.1, 0.15) is 9.90 Å². The van der Waals surface area contributed by atoms with E-state index >= 15 is 0 Å². The number of hydrogen-bond donors (Lipinski definition) is 3. The van der Waals surface area contributed by atoms with Crippen molar-refractivity contribution in [1.29, 1.82) is 0 Å². The van der Waals surface area contributed by atoms with Crippen LogP contribution < -0.4 is 10.5 Å². The van der Waals surface area contributed by atoms with E-state index in [2.05, 4.69) is 14.7 Å². The first-order valence-electron chi connectivity index (χ1n) is 5.81. The van der Waals surface area contributed by atoms with Crippen molar-refractivity contribution in [3.8, 4) is 0 Å². The van der Waals surface area contributed by atoms with E-state index in [1.54, 1.807) is 29.8 Å². The van der Waals surface area contributed by atoms with Crippen LogP contribution in [0.15, 0.2) is 40.9 Å². The van der Waals surface area contributed by atoms with Gasteiger partial charge >= 0.3 is 0 Å². The van der Waals surface area contributed by atoms with Crippen LogP contribution in [0.25, 0.3) is 10.9 Å². The Kier molecular flexibility index (Phi) is 3.20. The van der Waals surface area contributed by atoms with Crippen LogP contribution in [-0.2, 0) is 16.6 Å². The number of aromatic amines is 1. The van der Waals surface area contributed by atoms with Crippen molar-refractivity contribution in [3.05, 3.63) is 41.0 Å². The lowest BCUT2D eigenvalue weighted by Crippen LogP contribution is -2.22. The summed E-state index contributed by atoms with van der Waals surface area (Å²) in [7, 11) is -3.59. The normalized spacial score (nSPS) is 12.0. The number of thiazole rings is 1. The summed E-state index contributed by atoms with van der Waals surface area (Å²) in [6.45, 7) is 0.182. The van der Waals surface area contributed by atoms with E-state index in [9.17, 15) is 8.42 Å². The van der Waals surface area contributed by atoms with Crippen LogP contribution in [0.4, 0.5) is 5.69 Å². The van der Waals surface area contributed by atoms with E-state index in [1.807, 2.05) is 0 Å². The standard InChI is InChI=1S/C12H12N4O2S2/c13-8-1-2-9-10(5-8)15-6-11(9)20(17,18)16-7-12-14-3-4-19-12/h1-6,15-16H,7,13H2. The molecule has 0 amide bonds. The highest BCUT2D eigenvalue weighted by molar-refractivity contribution is 7.89. The molecule has 2 heterocycles. The number of aromatic nitrogens is 2. The molecule has 3 aromatic rings. The van der Waals surface area contributed by atoms with Gasteiger partial charge in [0.2, 0.25) is 10.0 Å². The molecule has 0 atom stereocenters. The fraction of sp³-hybridized carbons (Fsp3) is 0.0833. The molecule has 6 nitrogen and oxygen atoms in total. The molecule has 0 aliphatic rings. The monoisotopic (exact) mass is 308 g/mol. The van der Waals surface area contributed by atoms with Crippen molar-refractivity contribution >= 4 is 38.0 Å². The average molecular weight is 308 g/mol. The molecule has 3 rings (SSSR count). The number of rotatable bonds is 4. The molecule has 0 saturated heterocycles. The first-order valence-corrected chi connectivity index (χ1v) is 8.17. The number of fused-ring (bicyclic) bond motifs is 1. The summed E-state index contributed by atoms with van der Waals surface area (Å²) in [5.74, 6) is 0. The van der Waals surface area contributed by atoms with Crippen LogP contribution in [0.5, 0.6) is 0 Å². The maximum atomic E-state index is 12.3. The largest absolute Gasteiger partial charge is 0.399 e. The second-order valence-electron chi connectivity index (χ2n) is 4.21. The molecule has 0 aliphatic heterocycles. The van der Waals surface area contributed by atoms with Gasteiger partial charge in [0.05, 0.1) is 6.54 Å². The number of anilines is 1. The highest BCUT2D eigenvalue weighted by Crippen LogP contribution is 2.24. The zero-order valence-electron chi connectivity index (χ0n) is 10.3. The number of sulfonamides is 1. The first kappa shape index (κ1) is 13.1. The van der Waals surface area contributed by atoms with Crippen LogP contribution in [-0.4, -0.2) is 18.4 Å². The second kappa shape index (κ2) is 4.89. The molecule has 0 aliphatic carbocycles. The average Bonchev–Trinajstić information content (AvgIpc) is 3.05. The SMILES string of the molecule is Nc1ccc2c(S(=O)(=O)NCc3nccs3)c[nH]c2c1. The molecule has 0 fully saturated rings. The lowest BCUT2D eigenvalue weighted by molar-refractivity contribution is 0.582. The number of nitrogens with one attached hydrogen (secondary N) is 2. The minimum Gasteiger partial charge on any atom is -0.399 e. The fourth-order valence-electron chi connectivity index (χ4n) is 1.91. The number of benzene rings is 1. The Morgan fingerprint density at radius 3 is 3.00 bits per heavy atom. The minimum absolute atomic E-state index is 0.182. The van der Waals surface area contributed by atoms with Gasteiger partial charge in [-0.2, -0.15) is 0 Å². The molecular weight excluding hydrogens is 296 g/mol. The van der Waals surface area contributed by atoms with Crippen molar-refractivity contribution in [1.82, 2.24) is 14.7 Å². The van der Waals surface area contributed by atoms with Gasteiger partial charge in [-0.25, -0.2) is 18.1 Å². The molecule has 0 bridgehead atoms. The lowest BCUT2D eigenvalue weighted by Gasteiger charge is -2.04. The predicted octanol–water partition coefficient (Wildman–Crippen LogP) is 1.69. The molecule has 0 unspecified atom stereocenters. The maximum Gasteiger partial charge on any atom is 0.243 e. The molecule has 104 valence electrons. The van der Waals surface area contributed by atoms with Crippen LogP contribution in [0.3, 0.4) is 0 Å². The van der Waals surface area contributed by atoms with Crippen molar-refractivity contribution in [2.45, 2.75) is 11.4 Å². The maximum absolute atomic E-state index is 12.3. The van der Waals surface area contributed by atoms with Gasteiger partial charge < -0.3 is 10.7 Å². The van der Waals surface area contributed by atoms with E-state index in [4.69, 9.17) is 5.73 Å². The number of nitrogens with zero attached hydrogens (tertiary/aromatic N) is 1. The number of nitrogens with two attached hydrogens (primary N) is 1. The van der Waals surface area contributed by atoms with Gasteiger partial charge in [-0.15, -0.1) is 11.3 Å². The number of hydrogen-bond acceptors (Lipinski definition) is 5. The third-order valence-corrected chi connectivity index (χ3v) is 5.08. The molecule has 1 aromatic carbocycles. The third kappa shape index (κ3) is 2.40. The quantitative estimate of drug-likeness (QED) is 0.638. The zero-order valence-corrected chi connectivity index (χ0v) is 12.0. The van der Waals surface area contributed by atoms with Crippen molar-refractivity contribution in [2.75, 3.05) is 5.73 Å². The van der Waals surface area contributed by atoms with Gasteiger partial charge in [-0.1, -0.05) is 0 Å². The van der Waals surface area contributed by atoms with Crippen LogP contribution in [0, 0.1) is 0 Å². The molecule has 4 N–H and O–H groups in total. The van der Waals surface area contributed by atoms with E-state index < -0.39 is 10.0 Å².